The van der Waals surface area contributed by atoms with Crippen LogP contribution in [0.25, 0.3) is 0 Å². The Bertz CT molecular complexity index is 1220. The summed E-state index contributed by atoms with van der Waals surface area (Å²) < 4.78 is 13.8. The molecule has 1 aliphatic heterocycles. The quantitative estimate of drug-likeness (QED) is 0.457. The predicted molar refractivity (Wildman–Crippen MR) is 127 cm³/mol. The van der Waals surface area contributed by atoms with E-state index >= 15 is 0 Å². The molecular weight excluding hydrogens is 441 g/mol. The summed E-state index contributed by atoms with van der Waals surface area (Å²) in [5.74, 6) is -2.24. The van der Waals surface area contributed by atoms with Crippen LogP contribution in [0, 0.1) is 5.82 Å². The number of rotatable bonds is 7. The Morgan fingerprint density at radius 2 is 1.73 bits per heavy atom. The number of hydrogen-bond donors (Lipinski definition) is 1. The van der Waals surface area contributed by atoms with Crippen LogP contribution in [-0.4, -0.2) is 16.8 Å². The van der Waals surface area contributed by atoms with Crippen LogP contribution in [0.4, 0.5) is 10.1 Å². The number of carbonyl (C=O) groups is 2. The number of Topliss-reactive ketones (excluding diaryl/α,β-unsaturated/α-hetero) is 1. The van der Waals surface area contributed by atoms with Gasteiger partial charge in [-0.1, -0.05) is 73.1 Å². The predicted octanol–water partition coefficient (Wildman–Crippen LogP) is 6.14. The molecule has 1 N–H and O–H groups in total. The van der Waals surface area contributed by atoms with Crippen LogP contribution in [0.1, 0.15) is 36.1 Å². The van der Waals surface area contributed by atoms with Gasteiger partial charge in [0, 0.05) is 12.1 Å². The standard InChI is InChI=1S/C27H23ClFNO3/c1-2-17-8-11-19(12-9-17)25-24(23(31)15-10-18-6-4-3-5-7-18)26(32)27(33)30(25)20-13-14-22(29)21(28)16-20/h3-9,11-14,16,25,32H,2,10,15H2,1H3. The van der Waals surface area contributed by atoms with Gasteiger partial charge in [-0.2, -0.15) is 0 Å². The van der Waals surface area contributed by atoms with E-state index in [9.17, 15) is 19.1 Å². The van der Waals surface area contributed by atoms with Gasteiger partial charge in [-0.15, -0.1) is 0 Å². The van der Waals surface area contributed by atoms with Crippen molar-refractivity contribution in [1.82, 2.24) is 0 Å². The first-order valence-corrected chi connectivity index (χ1v) is 11.2. The molecule has 0 aromatic heterocycles. The summed E-state index contributed by atoms with van der Waals surface area (Å²) in [6, 6.07) is 20.2. The molecule has 168 valence electrons. The number of benzene rings is 3. The summed E-state index contributed by atoms with van der Waals surface area (Å²) in [4.78, 5) is 27.7. The van der Waals surface area contributed by atoms with Gasteiger partial charge in [0.1, 0.15) is 5.82 Å². The third-order valence-corrected chi connectivity index (χ3v) is 6.17. The van der Waals surface area contributed by atoms with Crippen molar-refractivity contribution in [2.45, 2.75) is 32.2 Å². The Morgan fingerprint density at radius 1 is 1.03 bits per heavy atom. The van der Waals surface area contributed by atoms with Gasteiger partial charge in [0.2, 0.25) is 0 Å². The van der Waals surface area contributed by atoms with Crippen LogP contribution in [0.5, 0.6) is 0 Å². The largest absolute Gasteiger partial charge is 0.503 e. The van der Waals surface area contributed by atoms with Crippen LogP contribution in [-0.2, 0) is 22.4 Å². The van der Waals surface area contributed by atoms with Gasteiger partial charge in [-0.05, 0) is 47.7 Å². The van der Waals surface area contributed by atoms with Crippen molar-refractivity contribution in [3.63, 3.8) is 0 Å². The zero-order valence-electron chi connectivity index (χ0n) is 18.1. The van der Waals surface area contributed by atoms with Crippen molar-refractivity contribution < 1.29 is 19.1 Å². The van der Waals surface area contributed by atoms with E-state index in [0.29, 0.717) is 17.7 Å². The molecule has 0 saturated carbocycles. The van der Waals surface area contributed by atoms with Gasteiger partial charge in [-0.25, -0.2) is 4.39 Å². The summed E-state index contributed by atoms with van der Waals surface area (Å²) in [5.41, 5.74) is 3.10. The lowest BCUT2D eigenvalue weighted by Crippen LogP contribution is -2.31. The van der Waals surface area contributed by atoms with Crippen LogP contribution in [0.15, 0.2) is 84.1 Å². The van der Waals surface area contributed by atoms with Crippen LogP contribution < -0.4 is 4.90 Å². The fourth-order valence-corrected chi connectivity index (χ4v) is 4.25. The number of aryl methyl sites for hydroxylation is 2. The van der Waals surface area contributed by atoms with E-state index in [0.717, 1.165) is 23.6 Å². The van der Waals surface area contributed by atoms with Gasteiger partial charge in [0.15, 0.2) is 11.5 Å². The monoisotopic (exact) mass is 463 g/mol. The number of carbonyl (C=O) groups excluding carboxylic acids is 2. The minimum absolute atomic E-state index is 0.0422. The zero-order chi connectivity index (χ0) is 23.5. The topological polar surface area (TPSA) is 57.6 Å². The second-order valence-electron chi connectivity index (χ2n) is 7.94. The molecule has 33 heavy (non-hydrogen) atoms. The van der Waals surface area contributed by atoms with Crippen molar-refractivity contribution in [3.8, 4) is 0 Å². The second-order valence-corrected chi connectivity index (χ2v) is 8.35. The van der Waals surface area contributed by atoms with E-state index in [1.54, 1.807) is 0 Å². The molecule has 0 bridgehead atoms. The number of halogens is 2. The number of aliphatic hydroxyl groups is 1. The summed E-state index contributed by atoms with van der Waals surface area (Å²) in [5, 5.41) is 10.6. The molecular formula is C27H23ClFNO3. The number of amides is 1. The zero-order valence-corrected chi connectivity index (χ0v) is 18.8. The van der Waals surface area contributed by atoms with E-state index in [4.69, 9.17) is 11.6 Å². The summed E-state index contributed by atoms with van der Waals surface area (Å²) in [6.45, 7) is 2.03. The third-order valence-electron chi connectivity index (χ3n) is 5.88. The maximum absolute atomic E-state index is 13.8. The molecule has 1 aliphatic rings. The summed E-state index contributed by atoms with van der Waals surface area (Å²) in [6.07, 6.45) is 1.46. The lowest BCUT2D eigenvalue weighted by molar-refractivity contribution is -0.118. The fraction of sp³-hybridized carbons (Fsp3) is 0.185. The maximum atomic E-state index is 13.8. The molecule has 0 fully saturated rings. The van der Waals surface area contributed by atoms with Crippen molar-refractivity contribution >= 4 is 29.0 Å². The molecule has 1 amide bonds. The van der Waals surface area contributed by atoms with E-state index in [-0.39, 0.29) is 22.8 Å². The first-order valence-electron chi connectivity index (χ1n) is 10.8. The molecule has 4 rings (SSSR count). The highest BCUT2D eigenvalue weighted by Crippen LogP contribution is 2.42. The van der Waals surface area contributed by atoms with Crippen molar-refractivity contribution in [2.24, 2.45) is 0 Å². The van der Waals surface area contributed by atoms with E-state index in [1.165, 1.54) is 17.0 Å². The molecule has 0 spiro atoms. The average Bonchev–Trinajstić information content (AvgIpc) is 3.10. The second kappa shape index (κ2) is 9.59. The summed E-state index contributed by atoms with van der Waals surface area (Å²) >= 11 is 5.97. The van der Waals surface area contributed by atoms with Gasteiger partial charge < -0.3 is 5.11 Å². The Labute approximate surface area is 196 Å². The highest BCUT2D eigenvalue weighted by atomic mass is 35.5. The van der Waals surface area contributed by atoms with Gasteiger partial charge in [0.05, 0.1) is 16.6 Å². The molecule has 0 aliphatic carbocycles. The first-order chi connectivity index (χ1) is 15.9. The number of ketones is 1. The Kier molecular flexibility index (Phi) is 6.61. The number of hydrogen-bond acceptors (Lipinski definition) is 3. The SMILES string of the molecule is CCc1ccc(C2C(C(=O)CCc3ccccc3)=C(O)C(=O)N2c2ccc(F)c(Cl)c2)cc1. The molecule has 1 atom stereocenters. The van der Waals surface area contributed by atoms with Gasteiger partial charge >= 0.3 is 0 Å². The normalized spacial score (nSPS) is 15.9. The molecule has 4 nitrogen and oxygen atoms in total. The van der Waals surface area contributed by atoms with Crippen LogP contribution >= 0.6 is 11.6 Å². The minimum Gasteiger partial charge on any atom is -0.503 e. The highest BCUT2D eigenvalue weighted by Gasteiger charge is 2.44. The van der Waals surface area contributed by atoms with Crippen LogP contribution in [0.2, 0.25) is 5.02 Å². The van der Waals surface area contributed by atoms with E-state index in [2.05, 4.69) is 0 Å². The highest BCUT2D eigenvalue weighted by molar-refractivity contribution is 6.31. The molecule has 6 heteroatoms. The van der Waals surface area contributed by atoms with Gasteiger partial charge in [0.25, 0.3) is 5.91 Å². The molecule has 0 saturated heterocycles. The number of anilines is 1. The fourth-order valence-electron chi connectivity index (χ4n) is 4.08. The van der Waals surface area contributed by atoms with Crippen LogP contribution in [0.3, 0.4) is 0 Å². The van der Waals surface area contributed by atoms with Crippen molar-refractivity contribution in [1.29, 1.82) is 0 Å². The van der Waals surface area contributed by atoms with Gasteiger partial charge in [-0.3, -0.25) is 14.5 Å². The molecule has 3 aromatic carbocycles. The van der Waals surface area contributed by atoms with E-state index in [1.807, 2.05) is 61.5 Å². The third kappa shape index (κ3) is 4.55. The smallest absolute Gasteiger partial charge is 0.294 e. The molecule has 1 unspecified atom stereocenters. The lowest BCUT2D eigenvalue weighted by atomic mass is 9.92. The summed E-state index contributed by atoms with van der Waals surface area (Å²) in [7, 11) is 0. The van der Waals surface area contributed by atoms with Crippen molar-refractivity contribution in [3.05, 3.63) is 112 Å². The Hall–Kier alpha value is -3.44. The Balaban J connectivity index is 1.74. The minimum atomic E-state index is -0.840. The van der Waals surface area contributed by atoms with Crippen molar-refractivity contribution in [2.75, 3.05) is 4.90 Å². The number of nitrogens with zero attached hydrogens (tertiary/aromatic N) is 1. The molecule has 0 radical (unpaired) electrons. The maximum Gasteiger partial charge on any atom is 0.294 e. The average molecular weight is 464 g/mol. The Morgan fingerprint density at radius 3 is 2.36 bits per heavy atom. The lowest BCUT2D eigenvalue weighted by Gasteiger charge is -2.27. The van der Waals surface area contributed by atoms with E-state index < -0.39 is 23.5 Å². The number of aliphatic hydroxyl groups excluding tert-OH is 1. The molecule has 1 heterocycles. The molecule has 3 aromatic rings. The first kappa shape index (κ1) is 22.7.